The maximum absolute atomic E-state index is 12.7. The van der Waals surface area contributed by atoms with E-state index in [4.69, 9.17) is 0 Å². The fourth-order valence-electron chi connectivity index (χ4n) is 2.53. The van der Waals surface area contributed by atoms with Crippen LogP contribution in [-0.2, 0) is 18.3 Å². The minimum atomic E-state index is -4.39. The van der Waals surface area contributed by atoms with Gasteiger partial charge >= 0.3 is 11.9 Å². The van der Waals surface area contributed by atoms with Gasteiger partial charge in [-0.15, -0.1) is 11.8 Å². The first-order valence-electron chi connectivity index (χ1n) is 8.85. The highest BCUT2D eigenvalue weighted by Crippen LogP contribution is 2.25. The molecule has 0 spiro atoms. The largest absolute Gasteiger partial charge is 0.411 e. The standard InChI is InChI=1S/C17H23F3N4O3S/c1-5-6-24-13-11(15(25)23(4)16(24)26)14(22-12(21-13)10(2)3)28-8-7-27-9-17(18,19)20/h10H,5-9H2,1-4H3. The van der Waals surface area contributed by atoms with Crippen molar-refractivity contribution in [3.05, 3.63) is 26.7 Å². The molecule has 28 heavy (non-hydrogen) atoms. The van der Waals surface area contributed by atoms with Gasteiger partial charge in [0.2, 0.25) is 0 Å². The van der Waals surface area contributed by atoms with Crippen molar-refractivity contribution in [2.24, 2.45) is 7.05 Å². The van der Waals surface area contributed by atoms with Crippen molar-refractivity contribution in [3.63, 3.8) is 0 Å². The highest BCUT2D eigenvalue weighted by molar-refractivity contribution is 7.99. The minimum absolute atomic E-state index is 0.0560. The van der Waals surface area contributed by atoms with E-state index in [2.05, 4.69) is 14.7 Å². The summed E-state index contributed by atoms with van der Waals surface area (Å²) in [5.74, 6) is 0.582. The van der Waals surface area contributed by atoms with Gasteiger partial charge in [-0.3, -0.25) is 13.9 Å². The zero-order valence-corrected chi connectivity index (χ0v) is 17.0. The highest BCUT2D eigenvalue weighted by atomic mass is 32.2. The summed E-state index contributed by atoms with van der Waals surface area (Å²) in [6.45, 7) is 4.57. The van der Waals surface area contributed by atoms with E-state index < -0.39 is 24.0 Å². The monoisotopic (exact) mass is 420 g/mol. The zero-order chi connectivity index (χ0) is 21.1. The Balaban J connectivity index is 2.49. The number of nitrogens with zero attached hydrogens (tertiary/aromatic N) is 4. The van der Waals surface area contributed by atoms with Gasteiger partial charge in [-0.25, -0.2) is 14.8 Å². The summed E-state index contributed by atoms with van der Waals surface area (Å²) in [7, 11) is 1.38. The molecule has 0 saturated heterocycles. The van der Waals surface area contributed by atoms with Crippen molar-refractivity contribution >= 4 is 22.8 Å². The van der Waals surface area contributed by atoms with Crippen LogP contribution in [0.25, 0.3) is 11.0 Å². The van der Waals surface area contributed by atoms with Crippen LogP contribution in [0.4, 0.5) is 13.2 Å². The van der Waals surface area contributed by atoms with Crippen molar-refractivity contribution in [3.8, 4) is 0 Å². The van der Waals surface area contributed by atoms with E-state index in [1.165, 1.54) is 11.6 Å². The lowest BCUT2D eigenvalue weighted by Gasteiger charge is -2.15. The Hall–Kier alpha value is -1.88. The maximum Gasteiger partial charge on any atom is 0.411 e. The van der Waals surface area contributed by atoms with Crippen LogP contribution in [0.2, 0.25) is 0 Å². The number of alkyl halides is 3. The summed E-state index contributed by atoms with van der Waals surface area (Å²) in [4.78, 5) is 34.1. The van der Waals surface area contributed by atoms with Crippen LogP contribution >= 0.6 is 11.8 Å². The molecule has 0 amide bonds. The second kappa shape index (κ2) is 9.08. The Labute approximate surface area is 163 Å². The second-order valence-corrected chi connectivity index (χ2v) is 7.64. The van der Waals surface area contributed by atoms with Crippen LogP contribution in [0.1, 0.15) is 38.9 Å². The molecule has 11 heteroatoms. The summed E-state index contributed by atoms with van der Waals surface area (Å²) in [6.07, 6.45) is -3.72. The fraction of sp³-hybridized carbons (Fsp3) is 0.647. The van der Waals surface area contributed by atoms with Gasteiger partial charge in [0.15, 0.2) is 5.65 Å². The molecule has 0 saturated carbocycles. The van der Waals surface area contributed by atoms with Gasteiger partial charge in [0.1, 0.15) is 22.8 Å². The summed E-state index contributed by atoms with van der Waals surface area (Å²) in [5.41, 5.74) is -0.731. The molecule has 0 atom stereocenters. The lowest BCUT2D eigenvalue weighted by atomic mass is 10.2. The average Bonchev–Trinajstić information content (AvgIpc) is 2.61. The Kier molecular flexibility index (Phi) is 7.27. The molecular weight excluding hydrogens is 397 g/mol. The van der Waals surface area contributed by atoms with E-state index >= 15 is 0 Å². The molecule has 7 nitrogen and oxygen atoms in total. The van der Waals surface area contributed by atoms with Crippen LogP contribution < -0.4 is 11.2 Å². The summed E-state index contributed by atoms with van der Waals surface area (Å²) < 4.78 is 43.6. The van der Waals surface area contributed by atoms with Gasteiger partial charge in [-0.05, 0) is 6.42 Å². The van der Waals surface area contributed by atoms with Gasteiger partial charge in [0, 0.05) is 25.3 Å². The highest BCUT2D eigenvalue weighted by Gasteiger charge is 2.27. The molecule has 2 aromatic rings. The van der Waals surface area contributed by atoms with Crippen LogP contribution in [0.3, 0.4) is 0 Å². The van der Waals surface area contributed by atoms with E-state index in [-0.39, 0.29) is 29.3 Å². The van der Waals surface area contributed by atoms with Gasteiger partial charge in [-0.1, -0.05) is 20.8 Å². The number of aryl methyl sites for hydroxylation is 1. The van der Waals surface area contributed by atoms with Crippen LogP contribution in [0.5, 0.6) is 0 Å². The normalized spacial score (nSPS) is 12.3. The van der Waals surface area contributed by atoms with Crippen molar-refractivity contribution < 1.29 is 17.9 Å². The number of halogens is 3. The molecule has 0 aromatic carbocycles. The Morgan fingerprint density at radius 3 is 2.46 bits per heavy atom. The lowest BCUT2D eigenvalue weighted by Crippen LogP contribution is -2.39. The molecule has 0 aliphatic rings. The molecule has 2 rings (SSSR count). The average molecular weight is 420 g/mol. The van der Waals surface area contributed by atoms with Crippen molar-refractivity contribution in [2.75, 3.05) is 19.0 Å². The van der Waals surface area contributed by atoms with Crippen LogP contribution in [-0.4, -0.2) is 44.2 Å². The molecule has 0 aliphatic heterocycles. The molecule has 0 N–H and O–H groups in total. The van der Waals surface area contributed by atoms with Crippen LogP contribution in [0.15, 0.2) is 14.6 Å². The van der Waals surface area contributed by atoms with E-state index in [0.717, 1.165) is 16.3 Å². The Morgan fingerprint density at radius 2 is 1.89 bits per heavy atom. The minimum Gasteiger partial charge on any atom is -0.371 e. The molecule has 156 valence electrons. The number of hydrogen-bond acceptors (Lipinski definition) is 6. The van der Waals surface area contributed by atoms with Gasteiger partial charge in [-0.2, -0.15) is 13.2 Å². The third-order valence-electron chi connectivity index (χ3n) is 3.86. The van der Waals surface area contributed by atoms with E-state index in [0.29, 0.717) is 23.8 Å². The number of aromatic nitrogens is 4. The third kappa shape index (κ3) is 5.13. The SMILES string of the molecule is CCCn1c(=O)n(C)c(=O)c2c(SCCOCC(F)(F)F)nc(C(C)C)nc21. The number of hydrogen-bond donors (Lipinski definition) is 0. The predicted molar refractivity (Wildman–Crippen MR) is 101 cm³/mol. The quantitative estimate of drug-likeness (QED) is 0.371. The Bertz CT molecular complexity index is 954. The molecular formula is C17H23F3N4O3S. The van der Waals surface area contributed by atoms with Crippen LogP contribution in [0, 0.1) is 0 Å². The molecule has 0 aliphatic carbocycles. The van der Waals surface area contributed by atoms with E-state index in [1.54, 1.807) is 0 Å². The van der Waals surface area contributed by atoms with Gasteiger partial charge < -0.3 is 4.74 Å². The van der Waals surface area contributed by atoms with E-state index in [9.17, 15) is 22.8 Å². The number of thioether (sulfide) groups is 1. The molecule has 2 aromatic heterocycles. The van der Waals surface area contributed by atoms with Crippen molar-refractivity contribution in [2.45, 2.75) is 50.9 Å². The van der Waals surface area contributed by atoms with Gasteiger partial charge in [0.25, 0.3) is 5.56 Å². The molecule has 0 unspecified atom stereocenters. The summed E-state index contributed by atoms with van der Waals surface area (Å²) >= 11 is 1.12. The first-order chi connectivity index (χ1) is 13.1. The Morgan fingerprint density at radius 1 is 1.21 bits per heavy atom. The molecule has 2 heterocycles. The topological polar surface area (TPSA) is 79.0 Å². The predicted octanol–water partition coefficient (Wildman–Crippen LogP) is 2.69. The number of fused-ring (bicyclic) bond motifs is 1. The number of ether oxygens (including phenoxy) is 1. The van der Waals surface area contributed by atoms with E-state index in [1.807, 2.05) is 20.8 Å². The molecule has 0 fully saturated rings. The molecule has 0 radical (unpaired) electrons. The molecule has 0 bridgehead atoms. The smallest absolute Gasteiger partial charge is 0.371 e. The van der Waals surface area contributed by atoms with Crippen molar-refractivity contribution in [1.82, 2.24) is 19.1 Å². The number of rotatable bonds is 8. The van der Waals surface area contributed by atoms with Crippen molar-refractivity contribution in [1.29, 1.82) is 0 Å². The lowest BCUT2D eigenvalue weighted by molar-refractivity contribution is -0.172. The zero-order valence-electron chi connectivity index (χ0n) is 16.2. The van der Waals surface area contributed by atoms with Gasteiger partial charge in [0.05, 0.1) is 6.61 Å². The first kappa shape index (κ1) is 22.4. The summed E-state index contributed by atoms with van der Waals surface area (Å²) in [5, 5.41) is 0.538. The summed E-state index contributed by atoms with van der Waals surface area (Å²) in [6, 6.07) is 0. The second-order valence-electron chi connectivity index (χ2n) is 6.55. The fourth-order valence-corrected chi connectivity index (χ4v) is 3.40. The third-order valence-corrected chi connectivity index (χ3v) is 4.80. The maximum atomic E-state index is 12.7. The first-order valence-corrected chi connectivity index (χ1v) is 9.84.